The van der Waals surface area contributed by atoms with Gasteiger partial charge in [0.15, 0.2) is 11.4 Å². The molecule has 0 aliphatic carbocycles. The predicted octanol–water partition coefficient (Wildman–Crippen LogP) is 2.80. The Balaban J connectivity index is 1.92. The number of halogens is 1. The minimum absolute atomic E-state index is 0.0985. The van der Waals surface area contributed by atoms with Gasteiger partial charge in [0.1, 0.15) is 12.1 Å². The lowest BCUT2D eigenvalue weighted by atomic mass is 9.90. The highest BCUT2D eigenvalue weighted by Crippen LogP contribution is 2.37. The van der Waals surface area contributed by atoms with Gasteiger partial charge in [0.25, 0.3) is 0 Å². The smallest absolute Gasteiger partial charge is 0.196 e. The lowest BCUT2D eigenvalue weighted by Gasteiger charge is -2.18. The summed E-state index contributed by atoms with van der Waals surface area (Å²) < 4.78 is 14.8. The lowest BCUT2D eigenvalue weighted by Crippen LogP contribution is -2.22. The second-order valence-corrected chi connectivity index (χ2v) is 6.39. The van der Waals surface area contributed by atoms with E-state index in [1.165, 1.54) is 30.6 Å². The van der Waals surface area contributed by atoms with Crippen molar-refractivity contribution in [2.75, 3.05) is 11.9 Å². The van der Waals surface area contributed by atoms with Crippen molar-refractivity contribution in [3.8, 4) is 0 Å². The lowest BCUT2D eigenvalue weighted by molar-refractivity contribution is 0.103. The Labute approximate surface area is 132 Å². The summed E-state index contributed by atoms with van der Waals surface area (Å²) in [4.78, 5) is 17.1. The van der Waals surface area contributed by atoms with E-state index in [0.29, 0.717) is 16.8 Å². The van der Waals surface area contributed by atoms with Crippen molar-refractivity contribution in [2.24, 2.45) is 0 Å². The van der Waals surface area contributed by atoms with Gasteiger partial charge in [0.2, 0.25) is 0 Å². The topological polar surface area (TPSA) is 59.3 Å². The number of hydrogen-bond donors (Lipinski definition) is 1. The van der Waals surface area contributed by atoms with E-state index in [1.54, 1.807) is 4.52 Å². The van der Waals surface area contributed by atoms with Crippen molar-refractivity contribution >= 4 is 17.1 Å². The minimum atomic E-state index is -0.369. The molecule has 3 heterocycles. The van der Waals surface area contributed by atoms with Crippen LogP contribution in [0.15, 0.2) is 36.7 Å². The highest BCUT2D eigenvalue weighted by Gasteiger charge is 2.34. The summed E-state index contributed by atoms with van der Waals surface area (Å²) in [5, 5.41) is 7.62. The first-order valence-corrected chi connectivity index (χ1v) is 7.39. The highest BCUT2D eigenvalue weighted by molar-refractivity contribution is 6.13. The Bertz CT molecular complexity index is 928. The van der Waals surface area contributed by atoms with Gasteiger partial charge in [0.05, 0.1) is 16.9 Å². The zero-order valence-electron chi connectivity index (χ0n) is 12.8. The Morgan fingerprint density at radius 2 is 2.04 bits per heavy atom. The molecule has 0 atom stereocenters. The molecular formula is C17H15FN4O. The van der Waals surface area contributed by atoms with Gasteiger partial charge in [0, 0.05) is 17.5 Å². The molecule has 0 saturated heterocycles. The molecule has 4 rings (SSSR count). The third-order valence-electron chi connectivity index (χ3n) is 4.26. The average molecular weight is 310 g/mol. The van der Waals surface area contributed by atoms with E-state index >= 15 is 0 Å². The molecule has 116 valence electrons. The number of hydrogen-bond acceptors (Lipinski definition) is 4. The van der Waals surface area contributed by atoms with E-state index in [0.717, 1.165) is 17.9 Å². The molecule has 5 nitrogen and oxygen atoms in total. The summed E-state index contributed by atoms with van der Waals surface area (Å²) in [6.07, 6.45) is 1.45. The summed E-state index contributed by atoms with van der Waals surface area (Å²) in [6.45, 7) is 5.01. The van der Waals surface area contributed by atoms with Gasteiger partial charge >= 0.3 is 0 Å². The standard InChI is InChI=1S/C17H15FN4O/c1-17(2)8-19-13-7-12(16-20-9-21-22(16)15(13)17)14(23)10-3-5-11(18)6-4-10/h3-7,9,19H,8H2,1-2H3. The molecule has 0 bridgehead atoms. The maximum Gasteiger partial charge on any atom is 0.196 e. The van der Waals surface area contributed by atoms with E-state index < -0.39 is 0 Å². The molecule has 0 spiro atoms. The number of anilines is 1. The van der Waals surface area contributed by atoms with Crippen LogP contribution in [0.1, 0.15) is 35.5 Å². The number of nitrogens with one attached hydrogen (secondary N) is 1. The van der Waals surface area contributed by atoms with Crippen LogP contribution >= 0.6 is 0 Å². The molecule has 1 aromatic carbocycles. The summed E-state index contributed by atoms with van der Waals surface area (Å²) >= 11 is 0. The number of fused-ring (bicyclic) bond motifs is 3. The Morgan fingerprint density at radius 1 is 1.30 bits per heavy atom. The third-order valence-corrected chi connectivity index (χ3v) is 4.26. The number of pyridine rings is 1. The summed E-state index contributed by atoms with van der Waals surface area (Å²) in [5.41, 5.74) is 3.21. The second kappa shape index (κ2) is 4.62. The summed E-state index contributed by atoms with van der Waals surface area (Å²) in [7, 11) is 0. The van der Waals surface area contributed by atoms with Crippen molar-refractivity contribution in [3.05, 3.63) is 59.3 Å². The van der Waals surface area contributed by atoms with Crippen LogP contribution in [0.3, 0.4) is 0 Å². The summed E-state index contributed by atoms with van der Waals surface area (Å²) in [6, 6.07) is 7.34. The van der Waals surface area contributed by atoms with E-state index in [1.807, 2.05) is 6.07 Å². The van der Waals surface area contributed by atoms with Crippen molar-refractivity contribution < 1.29 is 9.18 Å². The first-order valence-electron chi connectivity index (χ1n) is 7.39. The van der Waals surface area contributed by atoms with Crippen LogP contribution in [-0.4, -0.2) is 26.9 Å². The second-order valence-electron chi connectivity index (χ2n) is 6.39. The van der Waals surface area contributed by atoms with Crippen LogP contribution in [0.5, 0.6) is 0 Å². The van der Waals surface area contributed by atoms with Crippen LogP contribution in [-0.2, 0) is 5.41 Å². The van der Waals surface area contributed by atoms with Crippen LogP contribution in [0.25, 0.3) is 5.65 Å². The van der Waals surface area contributed by atoms with E-state index in [4.69, 9.17) is 0 Å². The molecule has 0 unspecified atom stereocenters. The number of nitrogens with zero attached hydrogens (tertiary/aromatic N) is 3. The predicted molar refractivity (Wildman–Crippen MR) is 84.3 cm³/mol. The number of benzene rings is 1. The molecule has 1 N–H and O–H groups in total. The largest absolute Gasteiger partial charge is 0.383 e. The first kappa shape index (κ1) is 13.9. The molecule has 3 aromatic rings. The van der Waals surface area contributed by atoms with E-state index in [2.05, 4.69) is 29.2 Å². The van der Waals surface area contributed by atoms with E-state index in [9.17, 15) is 9.18 Å². The fourth-order valence-electron chi connectivity index (χ4n) is 3.09. The number of ketones is 1. The number of rotatable bonds is 2. The van der Waals surface area contributed by atoms with Crippen molar-refractivity contribution in [3.63, 3.8) is 0 Å². The highest BCUT2D eigenvalue weighted by atomic mass is 19.1. The Kier molecular flexibility index (Phi) is 2.78. The van der Waals surface area contributed by atoms with Gasteiger partial charge in [-0.3, -0.25) is 4.79 Å². The van der Waals surface area contributed by atoms with Gasteiger partial charge in [-0.1, -0.05) is 13.8 Å². The van der Waals surface area contributed by atoms with E-state index in [-0.39, 0.29) is 17.0 Å². The summed E-state index contributed by atoms with van der Waals surface area (Å²) in [5.74, 6) is -0.566. The fraction of sp³-hybridized carbons (Fsp3) is 0.235. The molecule has 0 amide bonds. The molecule has 0 saturated carbocycles. The molecule has 2 aromatic heterocycles. The van der Waals surface area contributed by atoms with Crippen LogP contribution in [0.2, 0.25) is 0 Å². The molecule has 6 heteroatoms. The Morgan fingerprint density at radius 3 is 2.78 bits per heavy atom. The number of carbonyl (C=O) groups is 1. The van der Waals surface area contributed by atoms with Crippen LogP contribution < -0.4 is 5.32 Å². The minimum Gasteiger partial charge on any atom is -0.383 e. The zero-order valence-corrected chi connectivity index (χ0v) is 12.8. The maximum atomic E-state index is 13.1. The average Bonchev–Trinajstić information content (AvgIpc) is 3.11. The Hall–Kier alpha value is -2.76. The third kappa shape index (κ3) is 2.02. The normalized spacial score (nSPS) is 15.4. The van der Waals surface area contributed by atoms with Crippen molar-refractivity contribution in [2.45, 2.75) is 19.3 Å². The van der Waals surface area contributed by atoms with Gasteiger partial charge in [-0.25, -0.2) is 13.9 Å². The maximum absolute atomic E-state index is 13.1. The fourth-order valence-corrected chi connectivity index (χ4v) is 3.09. The zero-order chi connectivity index (χ0) is 16.2. The van der Waals surface area contributed by atoms with Gasteiger partial charge in [-0.15, -0.1) is 0 Å². The van der Waals surface area contributed by atoms with Gasteiger partial charge < -0.3 is 5.32 Å². The molecule has 0 fully saturated rings. The molecule has 0 radical (unpaired) electrons. The SMILES string of the molecule is CC1(C)CNc2cc(C(=O)c3ccc(F)cc3)c3ncnn3c21. The monoisotopic (exact) mass is 310 g/mol. The molecule has 1 aliphatic heterocycles. The quantitative estimate of drug-likeness (QED) is 0.739. The van der Waals surface area contributed by atoms with Crippen molar-refractivity contribution in [1.82, 2.24) is 14.6 Å². The molecule has 1 aliphatic rings. The van der Waals surface area contributed by atoms with Crippen LogP contribution in [0, 0.1) is 5.82 Å². The number of carbonyl (C=O) groups excluding carboxylic acids is 1. The van der Waals surface area contributed by atoms with Gasteiger partial charge in [-0.2, -0.15) is 5.10 Å². The van der Waals surface area contributed by atoms with Crippen molar-refractivity contribution in [1.29, 1.82) is 0 Å². The van der Waals surface area contributed by atoms with Gasteiger partial charge in [-0.05, 0) is 30.3 Å². The molecular weight excluding hydrogens is 295 g/mol. The van der Waals surface area contributed by atoms with Crippen LogP contribution in [0.4, 0.5) is 10.1 Å². The number of aromatic nitrogens is 3. The first-order chi connectivity index (χ1) is 11.0. The molecule has 23 heavy (non-hydrogen) atoms.